The van der Waals surface area contributed by atoms with Crippen LogP contribution in [0.3, 0.4) is 0 Å². The lowest BCUT2D eigenvalue weighted by Gasteiger charge is -2.00. The molecule has 1 aliphatic carbocycles. The Hall–Kier alpha value is -1.83. The maximum absolute atomic E-state index is 12.4. The molecule has 1 heterocycles. The summed E-state index contributed by atoms with van der Waals surface area (Å²) in [7, 11) is 0. The third-order valence-corrected chi connectivity index (χ3v) is 3.03. The summed E-state index contributed by atoms with van der Waals surface area (Å²) in [6.07, 6.45) is 12.4. The van der Waals surface area contributed by atoms with Crippen molar-refractivity contribution in [3.8, 4) is 0 Å². The van der Waals surface area contributed by atoms with Gasteiger partial charge in [0.15, 0.2) is 5.43 Å². The monoisotopic (exact) mass is 242 g/mol. The number of fused-ring (bicyclic) bond motifs is 1. The molecule has 2 rings (SSSR count). The van der Waals surface area contributed by atoms with Crippen LogP contribution in [-0.4, -0.2) is 0 Å². The van der Waals surface area contributed by atoms with Crippen molar-refractivity contribution in [2.45, 2.75) is 27.2 Å². The molecule has 0 bridgehead atoms. The summed E-state index contributed by atoms with van der Waals surface area (Å²) in [5, 5.41) is 0.673. The zero-order valence-corrected chi connectivity index (χ0v) is 11.1. The van der Waals surface area contributed by atoms with Crippen LogP contribution >= 0.6 is 0 Å². The van der Waals surface area contributed by atoms with Gasteiger partial charge in [0.1, 0.15) is 11.2 Å². The van der Waals surface area contributed by atoms with Crippen LogP contribution in [0.5, 0.6) is 0 Å². The second-order valence-electron chi connectivity index (χ2n) is 4.47. The minimum Gasteiger partial charge on any atom is -0.456 e. The minimum absolute atomic E-state index is 0.0567. The van der Waals surface area contributed by atoms with Gasteiger partial charge in [0, 0.05) is 0 Å². The van der Waals surface area contributed by atoms with E-state index in [1.165, 1.54) is 0 Å². The first-order valence-electron chi connectivity index (χ1n) is 6.37. The van der Waals surface area contributed by atoms with Gasteiger partial charge in [-0.05, 0) is 31.4 Å². The molecule has 0 saturated heterocycles. The van der Waals surface area contributed by atoms with E-state index < -0.39 is 0 Å². The van der Waals surface area contributed by atoms with E-state index in [0.29, 0.717) is 27.9 Å². The van der Waals surface area contributed by atoms with E-state index in [1.807, 2.05) is 50.3 Å². The van der Waals surface area contributed by atoms with Gasteiger partial charge in [-0.2, -0.15) is 0 Å². The average molecular weight is 242 g/mol. The van der Waals surface area contributed by atoms with E-state index in [4.69, 9.17) is 4.42 Å². The first kappa shape index (κ1) is 12.6. The predicted octanol–water partition coefficient (Wildman–Crippen LogP) is 2.31. The fourth-order valence-electron chi connectivity index (χ4n) is 2.04. The highest BCUT2D eigenvalue weighted by Gasteiger charge is 2.10. The zero-order chi connectivity index (χ0) is 13.1. The lowest BCUT2D eigenvalue weighted by Crippen LogP contribution is -2.40. The zero-order valence-electron chi connectivity index (χ0n) is 11.1. The van der Waals surface area contributed by atoms with E-state index in [0.717, 1.165) is 6.42 Å². The van der Waals surface area contributed by atoms with Gasteiger partial charge in [-0.3, -0.25) is 4.79 Å². The van der Waals surface area contributed by atoms with E-state index in [2.05, 4.69) is 6.92 Å². The smallest absolute Gasteiger partial charge is 0.200 e. The van der Waals surface area contributed by atoms with Crippen LogP contribution in [-0.2, 0) is 0 Å². The summed E-state index contributed by atoms with van der Waals surface area (Å²) >= 11 is 0. The maximum atomic E-state index is 12.4. The molecule has 2 nitrogen and oxygen atoms in total. The highest BCUT2D eigenvalue weighted by Crippen LogP contribution is 2.14. The number of hydrogen-bond acceptors (Lipinski definition) is 2. The van der Waals surface area contributed by atoms with E-state index in [-0.39, 0.29) is 5.43 Å². The van der Waals surface area contributed by atoms with E-state index in [9.17, 15) is 4.79 Å². The molecule has 1 aliphatic rings. The molecule has 0 spiro atoms. The van der Waals surface area contributed by atoms with Crippen LogP contribution in [0.15, 0.2) is 21.4 Å². The van der Waals surface area contributed by atoms with Crippen LogP contribution in [0.4, 0.5) is 0 Å². The minimum atomic E-state index is 0.0567. The van der Waals surface area contributed by atoms with Crippen molar-refractivity contribution in [3.63, 3.8) is 0 Å². The molecule has 1 unspecified atom stereocenters. The van der Waals surface area contributed by atoms with Crippen LogP contribution < -0.4 is 16.1 Å². The predicted molar refractivity (Wildman–Crippen MR) is 76.4 cm³/mol. The Morgan fingerprint density at radius 2 is 2.06 bits per heavy atom. The molecule has 1 aromatic rings. The summed E-state index contributed by atoms with van der Waals surface area (Å²) in [4.78, 5) is 12.4. The lowest BCUT2D eigenvalue weighted by atomic mass is 10.1. The molecular weight excluding hydrogens is 224 g/mol. The van der Waals surface area contributed by atoms with Gasteiger partial charge in [0.25, 0.3) is 0 Å². The van der Waals surface area contributed by atoms with Gasteiger partial charge in [-0.15, -0.1) is 0 Å². The van der Waals surface area contributed by atoms with Gasteiger partial charge < -0.3 is 4.42 Å². The summed E-state index contributed by atoms with van der Waals surface area (Å²) in [6.45, 7) is 5.98. The Kier molecular flexibility index (Phi) is 3.66. The van der Waals surface area contributed by atoms with Gasteiger partial charge >= 0.3 is 0 Å². The molecule has 0 radical (unpaired) electrons. The SMILES string of the molecule is C/C=c1/oc2c(c(=O)/c1=C/CC)C=CC(C)C=C2. The highest BCUT2D eigenvalue weighted by molar-refractivity contribution is 5.64. The Bertz CT molecular complexity index is 672. The summed E-state index contributed by atoms with van der Waals surface area (Å²) in [5.74, 6) is 0.974. The van der Waals surface area contributed by atoms with Crippen molar-refractivity contribution >= 4 is 24.3 Å². The Balaban J connectivity index is 2.87. The fourth-order valence-corrected chi connectivity index (χ4v) is 2.04. The molecule has 0 fully saturated rings. The second-order valence-corrected chi connectivity index (χ2v) is 4.47. The highest BCUT2D eigenvalue weighted by atomic mass is 16.3. The van der Waals surface area contributed by atoms with Crippen LogP contribution in [0, 0.1) is 5.92 Å². The fraction of sp³-hybridized carbons (Fsp3) is 0.312. The molecule has 0 N–H and O–H groups in total. The third-order valence-electron chi connectivity index (χ3n) is 3.03. The Morgan fingerprint density at radius 1 is 1.33 bits per heavy atom. The molecule has 94 valence electrons. The summed E-state index contributed by atoms with van der Waals surface area (Å²) in [6, 6.07) is 0. The van der Waals surface area contributed by atoms with Crippen LogP contribution in [0.1, 0.15) is 38.5 Å². The molecule has 0 amide bonds. The van der Waals surface area contributed by atoms with E-state index in [1.54, 1.807) is 0 Å². The third kappa shape index (κ3) is 2.23. The molecule has 18 heavy (non-hydrogen) atoms. The molecule has 0 aliphatic heterocycles. The molecule has 0 aromatic carbocycles. The van der Waals surface area contributed by atoms with Gasteiger partial charge in [-0.25, -0.2) is 0 Å². The molecule has 0 saturated carbocycles. The number of hydrogen-bond donors (Lipinski definition) is 0. The molecule has 1 atom stereocenters. The van der Waals surface area contributed by atoms with Gasteiger partial charge in [0.05, 0.1) is 10.8 Å². The first-order valence-corrected chi connectivity index (χ1v) is 6.37. The topological polar surface area (TPSA) is 30.2 Å². The van der Waals surface area contributed by atoms with Crippen molar-refractivity contribution in [2.24, 2.45) is 5.92 Å². The average Bonchev–Trinajstić information content (AvgIpc) is 2.55. The standard InChI is InChI=1S/C16H18O2/c1-4-6-12-14(5-2)18-15-10-8-11(3)7-9-13(15)16(12)17/h5-11H,4H2,1-3H3/b12-6+,14-5+. The van der Waals surface area contributed by atoms with Crippen molar-refractivity contribution in [1.29, 1.82) is 0 Å². The maximum Gasteiger partial charge on any atom is 0.200 e. The molecular formula is C16H18O2. The summed E-state index contributed by atoms with van der Waals surface area (Å²) < 4.78 is 5.82. The van der Waals surface area contributed by atoms with Crippen molar-refractivity contribution in [1.82, 2.24) is 0 Å². The Morgan fingerprint density at radius 3 is 2.72 bits per heavy atom. The van der Waals surface area contributed by atoms with Gasteiger partial charge in [0.2, 0.25) is 0 Å². The molecule has 1 aromatic heterocycles. The normalized spacial score (nSPS) is 20.1. The second kappa shape index (κ2) is 5.21. The van der Waals surface area contributed by atoms with Crippen LogP contribution in [0.2, 0.25) is 0 Å². The molecule has 2 heteroatoms. The Labute approximate surface area is 107 Å². The number of rotatable bonds is 1. The van der Waals surface area contributed by atoms with E-state index >= 15 is 0 Å². The number of allylic oxidation sites excluding steroid dienone is 2. The van der Waals surface area contributed by atoms with Crippen molar-refractivity contribution in [3.05, 3.63) is 44.3 Å². The van der Waals surface area contributed by atoms with Crippen molar-refractivity contribution in [2.75, 3.05) is 0 Å². The quantitative estimate of drug-likeness (QED) is 0.756. The van der Waals surface area contributed by atoms with Crippen LogP contribution in [0.25, 0.3) is 24.3 Å². The lowest BCUT2D eigenvalue weighted by molar-refractivity contribution is 0.496. The summed E-state index contributed by atoms with van der Waals surface area (Å²) in [5.41, 5.74) is 1.37. The largest absolute Gasteiger partial charge is 0.456 e. The first-order chi connectivity index (χ1) is 8.67. The van der Waals surface area contributed by atoms with Gasteiger partial charge in [-0.1, -0.05) is 38.2 Å². The van der Waals surface area contributed by atoms with Crippen molar-refractivity contribution < 1.29 is 4.42 Å².